The van der Waals surface area contributed by atoms with Gasteiger partial charge in [0.25, 0.3) is 5.56 Å². The second-order valence-electron chi connectivity index (χ2n) is 6.30. The number of aromatic nitrogens is 2. The van der Waals surface area contributed by atoms with Crippen LogP contribution < -0.4 is 14.8 Å². The minimum absolute atomic E-state index is 0.122. The highest BCUT2D eigenvalue weighted by Gasteiger charge is 2.12. The number of aromatic hydroxyl groups is 1. The molecule has 0 aliphatic carbocycles. The van der Waals surface area contributed by atoms with Crippen LogP contribution in [0.2, 0.25) is 5.02 Å². The van der Waals surface area contributed by atoms with Crippen LogP contribution in [0.1, 0.15) is 18.1 Å². The number of hydrogen-bond donors (Lipinski definition) is 1. The van der Waals surface area contributed by atoms with Gasteiger partial charge in [-0.05, 0) is 41.8 Å². The van der Waals surface area contributed by atoms with Gasteiger partial charge in [0.1, 0.15) is 0 Å². The zero-order valence-electron chi connectivity index (χ0n) is 15.3. The molecule has 28 heavy (non-hydrogen) atoms. The third kappa shape index (κ3) is 3.25. The molecule has 2 heterocycles. The van der Waals surface area contributed by atoms with Crippen LogP contribution in [0.4, 0.5) is 0 Å². The van der Waals surface area contributed by atoms with Crippen molar-refractivity contribution in [1.29, 1.82) is 0 Å². The summed E-state index contributed by atoms with van der Waals surface area (Å²) in [5, 5.41) is 10.0. The standard InChI is InChI=1S/C21H17ClN2O3S/c1-3-12-5-4-6-14(7-12)16-11-24-20(26)18(28-21(24)23-16)10-13-8-15(22)19(25)17(9-13)27-2/h4-11,25H,3H2,1-2H3. The fourth-order valence-electron chi connectivity index (χ4n) is 3.01. The van der Waals surface area contributed by atoms with E-state index >= 15 is 0 Å². The van der Waals surface area contributed by atoms with Gasteiger partial charge in [-0.1, -0.05) is 48.1 Å². The molecule has 4 aromatic rings. The van der Waals surface area contributed by atoms with Crippen molar-refractivity contribution < 1.29 is 9.84 Å². The highest BCUT2D eigenvalue weighted by molar-refractivity contribution is 7.15. The number of thiazole rings is 1. The van der Waals surface area contributed by atoms with Crippen molar-refractivity contribution >= 4 is 34.0 Å². The molecule has 0 radical (unpaired) electrons. The molecule has 7 heteroatoms. The summed E-state index contributed by atoms with van der Waals surface area (Å²) < 4.78 is 7.20. The van der Waals surface area contributed by atoms with Crippen LogP contribution in [-0.4, -0.2) is 21.6 Å². The number of phenols is 1. The predicted octanol–water partition coefficient (Wildman–Crippen LogP) is 3.90. The number of methoxy groups -OCH3 is 1. The number of benzene rings is 2. The Morgan fingerprint density at radius 1 is 1.32 bits per heavy atom. The molecule has 0 unspecified atom stereocenters. The Hall–Kier alpha value is -2.83. The first-order valence-corrected chi connectivity index (χ1v) is 9.89. The van der Waals surface area contributed by atoms with Gasteiger partial charge >= 0.3 is 0 Å². The minimum atomic E-state index is -0.145. The average molecular weight is 413 g/mol. The predicted molar refractivity (Wildman–Crippen MR) is 113 cm³/mol. The van der Waals surface area contributed by atoms with Gasteiger partial charge < -0.3 is 9.84 Å². The Labute approximate surface area is 170 Å². The van der Waals surface area contributed by atoms with Crippen molar-refractivity contribution in [3.8, 4) is 22.8 Å². The van der Waals surface area contributed by atoms with E-state index in [1.54, 1.807) is 28.8 Å². The third-order valence-corrected chi connectivity index (χ3v) is 5.77. The number of nitrogens with zero attached hydrogens (tertiary/aromatic N) is 2. The Morgan fingerprint density at radius 3 is 2.86 bits per heavy atom. The Balaban J connectivity index is 1.79. The normalized spacial score (nSPS) is 12.0. The molecule has 2 aromatic carbocycles. The molecule has 0 saturated carbocycles. The van der Waals surface area contributed by atoms with Gasteiger partial charge in [0, 0.05) is 11.8 Å². The first-order valence-electron chi connectivity index (χ1n) is 8.69. The number of halogens is 1. The van der Waals surface area contributed by atoms with Gasteiger partial charge in [-0.2, -0.15) is 0 Å². The van der Waals surface area contributed by atoms with E-state index in [1.807, 2.05) is 12.1 Å². The zero-order valence-corrected chi connectivity index (χ0v) is 16.8. The molecule has 0 spiro atoms. The molecule has 0 aliphatic heterocycles. The summed E-state index contributed by atoms with van der Waals surface area (Å²) in [6, 6.07) is 11.4. The number of fused-ring (bicyclic) bond motifs is 1. The topological polar surface area (TPSA) is 63.8 Å². The maximum absolute atomic E-state index is 12.8. The lowest BCUT2D eigenvalue weighted by Gasteiger charge is -2.05. The van der Waals surface area contributed by atoms with E-state index in [-0.39, 0.29) is 22.1 Å². The van der Waals surface area contributed by atoms with Gasteiger partial charge in [-0.25, -0.2) is 4.98 Å². The smallest absolute Gasteiger partial charge is 0.274 e. The molecular weight excluding hydrogens is 396 g/mol. The van der Waals surface area contributed by atoms with Crippen molar-refractivity contribution in [2.75, 3.05) is 7.11 Å². The number of imidazole rings is 1. The summed E-state index contributed by atoms with van der Waals surface area (Å²) in [6.45, 7) is 2.10. The number of aryl methyl sites for hydroxylation is 1. The van der Waals surface area contributed by atoms with Gasteiger partial charge in [-0.15, -0.1) is 0 Å². The zero-order chi connectivity index (χ0) is 19.8. The van der Waals surface area contributed by atoms with Crippen molar-refractivity contribution in [3.63, 3.8) is 0 Å². The fourth-order valence-corrected chi connectivity index (χ4v) is 4.18. The molecular formula is C21H17ClN2O3S. The van der Waals surface area contributed by atoms with E-state index in [9.17, 15) is 9.90 Å². The summed E-state index contributed by atoms with van der Waals surface area (Å²) in [5.41, 5.74) is 3.52. The summed E-state index contributed by atoms with van der Waals surface area (Å²) in [5.74, 6) is 0.134. The van der Waals surface area contributed by atoms with Gasteiger partial charge in [-0.3, -0.25) is 9.20 Å². The van der Waals surface area contributed by atoms with Crippen LogP contribution in [0, 0.1) is 0 Å². The Morgan fingerprint density at radius 2 is 2.14 bits per heavy atom. The van der Waals surface area contributed by atoms with E-state index in [4.69, 9.17) is 16.3 Å². The summed E-state index contributed by atoms with van der Waals surface area (Å²) in [6.07, 6.45) is 4.43. The first kappa shape index (κ1) is 18.5. The number of phenolic OH excluding ortho intramolecular Hbond substituents is 1. The molecule has 0 fully saturated rings. The second-order valence-corrected chi connectivity index (χ2v) is 7.72. The molecule has 4 rings (SSSR count). The molecule has 0 saturated heterocycles. The van der Waals surface area contributed by atoms with E-state index < -0.39 is 0 Å². The lowest BCUT2D eigenvalue weighted by Crippen LogP contribution is -2.22. The molecule has 2 aromatic heterocycles. The van der Waals surface area contributed by atoms with Crippen molar-refractivity contribution in [3.05, 3.63) is 73.6 Å². The molecule has 0 bridgehead atoms. The van der Waals surface area contributed by atoms with Crippen LogP contribution in [0.5, 0.6) is 11.5 Å². The summed E-state index contributed by atoms with van der Waals surface area (Å²) >= 11 is 7.34. The molecule has 0 atom stereocenters. The third-order valence-electron chi connectivity index (χ3n) is 4.50. The molecule has 142 valence electrons. The van der Waals surface area contributed by atoms with E-state index in [1.165, 1.54) is 24.0 Å². The minimum Gasteiger partial charge on any atom is -0.503 e. The lowest BCUT2D eigenvalue weighted by molar-refractivity contribution is 0.373. The van der Waals surface area contributed by atoms with E-state index in [0.717, 1.165) is 17.7 Å². The van der Waals surface area contributed by atoms with Gasteiger partial charge in [0.05, 0.1) is 22.4 Å². The number of ether oxygens (including phenoxy) is 1. The lowest BCUT2D eigenvalue weighted by atomic mass is 10.1. The first-order chi connectivity index (χ1) is 13.5. The van der Waals surface area contributed by atoms with Gasteiger partial charge in [0.2, 0.25) is 0 Å². The van der Waals surface area contributed by atoms with Crippen molar-refractivity contribution in [2.45, 2.75) is 13.3 Å². The van der Waals surface area contributed by atoms with Crippen LogP contribution in [0.15, 0.2) is 47.4 Å². The highest BCUT2D eigenvalue weighted by atomic mass is 35.5. The van der Waals surface area contributed by atoms with Crippen LogP contribution in [-0.2, 0) is 6.42 Å². The van der Waals surface area contributed by atoms with Crippen molar-refractivity contribution in [2.24, 2.45) is 0 Å². The van der Waals surface area contributed by atoms with Crippen LogP contribution >= 0.6 is 22.9 Å². The average Bonchev–Trinajstić information content (AvgIpc) is 3.24. The van der Waals surface area contributed by atoms with Crippen LogP contribution in [0.3, 0.4) is 0 Å². The highest BCUT2D eigenvalue weighted by Crippen LogP contribution is 2.35. The van der Waals surface area contributed by atoms with Gasteiger partial charge in [0.15, 0.2) is 16.5 Å². The quantitative estimate of drug-likeness (QED) is 0.552. The number of hydrogen-bond acceptors (Lipinski definition) is 5. The fraction of sp³-hybridized carbons (Fsp3) is 0.143. The summed E-state index contributed by atoms with van der Waals surface area (Å²) in [7, 11) is 1.45. The Bertz CT molecular complexity index is 1290. The SMILES string of the molecule is CCc1cccc(-c2cn3c(=O)c(=Cc4cc(Cl)c(O)c(OC)c4)sc3n2)c1. The molecule has 0 amide bonds. The monoisotopic (exact) mass is 412 g/mol. The van der Waals surface area contributed by atoms with E-state index in [0.29, 0.717) is 15.1 Å². The number of rotatable bonds is 4. The molecule has 5 nitrogen and oxygen atoms in total. The Kier molecular flexibility index (Phi) is 4.83. The largest absolute Gasteiger partial charge is 0.503 e. The summed E-state index contributed by atoms with van der Waals surface area (Å²) in [4.78, 5) is 18.0. The van der Waals surface area contributed by atoms with Crippen molar-refractivity contribution in [1.82, 2.24) is 9.38 Å². The molecule has 0 aliphatic rings. The van der Waals surface area contributed by atoms with E-state index in [2.05, 4.69) is 24.0 Å². The second kappa shape index (κ2) is 7.30. The maximum Gasteiger partial charge on any atom is 0.274 e. The maximum atomic E-state index is 12.8. The molecule has 1 N–H and O–H groups in total. The van der Waals surface area contributed by atoms with Crippen LogP contribution in [0.25, 0.3) is 22.3 Å².